The Bertz CT molecular complexity index is 1480. The molecule has 37 heavy (non-hydrogen) atoms. The number of fused-ring (bicyclic) bond motifs is 2. The predicted octanol–water partition coefficient (Wildman–Crippen LogP) is 6.35. The number of imidazole rings is 1. The van der Waals surface area contributed by atoms with Crippen LogP contribution in [0, 0.1) is 5.41 Å². The van der Waals surface area contributed by atoms with E-state index in [4.69, 9.17) is 14.5 Å². The SMILES string of the molecule is CCOOCc1[nH]cc2c1NC1=C(C(=O)CC(C)(C)C1)C2c1cccc(Oc2nc3ccccc3[nH]2)c1. The molecule has 0 saturated heterocycles. The highest BCUT2D eigenvalue weighted by Gasteiger charge is 2.41. The quantitative estimate of drug-likeness (QED) is 0.156. The van der Waals surface area contributed by atoms with Crippen molar-refractivity contribution >= 4 is 22.5 Å². The van der Waals surface area contributed by atoms with Crippen LogP contribution in [0.15, 0.2) is 66.0 Å². The number of aromatic amines is 2. The minimum absolute atomic E-state index is 0.116. The van der Waals surface area contributed by atoms with Gasteiger partial charge in [-0.05, 0) is 48.6 Å². The first-order valence-electron chi connectivity index (χ1n) is 12.6. The zero-order valence-corrected chi connectivity index (χ0v) is 21.2. The molecule has 190 valence electrons. The maximum absolute atomic E-state index is 13.5. The Morgan fingerprint density at radius 3 is 2.78 bits per heavy atom. The van der Waals surface area contributed by atoms with Crippen LogP contribution in [0.1, 0.15) is 56.4 Å². The van der Waals surface area contributed by atoms with Gasteiger partial charge in [0.2, 0.25) is 0 Å². The van der Waals surface area contributed by atoms with Gasteiger partial charge in [0.1, 0.15) is 12.4 Å². The lowest BCUT2D eigenvalue weighted by Gasteiger charge is -2.38. The molecule has 0 bridgehead atoms. The number of rotatable bonds is 7. The van der Waals surface area contributed by atoms with Crippen LogP contribution in [0.25, 0.3) is 11.0 Å². The summed E-state index contributed by atoms with van der Waals surface area (Å²) < 4.78 is 6.12. The molecule has 6 rings (SSSR count). The third-order valence-corrected chi connectivity index (χ3v) is 6.97. The molecule has 4 aromatic rings. The molecule has 0 saturated carbocycles. The van der Waals surface area contributed by atoms with Crippen LogP contribution in [0.4, 0.5) is 5.69 Å². The van der Waals surface area contributed by atoms with E-state index in [2.05, 4.69) is 34.1 Å². The summed E-state index contributed by atoms with van der Waals surface area (Å²) in [6.45, 7) is 6.90. The minimum atomic E-state index is -0.230. The molecule has 2 aliphatic rings. The monoisotopic (exact) mass is 498 g/mol. The Morgan fingerprint density at radius 2 is 1.95 bits per heavy atom. The van der Waals surface area contributed by atoms with Gasteiger partial charge in [-0.1, -0.05) is 38.1 Å². The molecule has 3 N–H and O–H groups in total. The molecule has 1 atom stereocenters. The molecule has 1 unspecified atom stereocenters. The van der Waals surface area contributed by atoms with Gasteiger partial charge in [0, 0.05) is 35.4 Å². The molecule has 8 heteroatoms. The fourth-order valence-corrected chi connectivity index (χ4v) is 5.44. The highest BCUT2D eigenvalue weighted by atomic mass is 17.2. The van der Waals surface area contributed by atoms with E-state index in [1.807, 2.05) is 61.7 Å². The van der Waals surface area contributed by atoms with Gasteiger partial charge >= 0.3 is 0 Å². The van der Waals surface area contributed by atoms with E-state index in [9.17, 15) is 4.79 Å². The minimum Gasteiger partial charge on any atom is -0.426 e. The van der Waals surface area contributed by atoms with Crippen molar-refractivity contribution in [3.05, 3.63) is 82.8 Å². The largest absolute Gasteiger partial charge is 0.426 e. The molecular weight excluding hydrogens is 468 g/mol. The van der Waals surface area contributed by atoms with E-state index in [0.717, 1.165) is 51.2 Å². The fourth-order valence-electron chi connectivity index (χ4n) is 5.44. The van der Waals surface area contributed by atoms with Crippen LogP contribution in [-0.2, 0) is 21.2 Å². The van der Waals surface area contributed by atoms with Gasteiger partial charge in [0.25, 0.3) is 6.01 Å². The molecule has 1 aliphatic carbocycles. The highest BCUT2D eigenvalue weighted by molar-refractivity contribution is 6.01. The number of ether oxygens (including phenoxy) is 1. The molecule has 3 heterocycles. The summed E-state index contributed by atoms with van der Waals surface area (Å²) in [5.74, 6) is 0.593. The van der Waals surface area contributed by atoms with Crippen LogP contribution in [0.3, 0.4) is 0 Å². The van der Waals surface area contributed by atoms with E-state index >= 15 is 0 Å². The van der Waals surface area contributed by atoms with Gasteiger partial charge < -0.3 is 20.0 Å². The van der Waals surface area contributed by atoms with Crippen molar-refractivity contribution < 1.29 is 19.3 Å². The van der Waals surface area contributed by atoms with Crippen molar-refractivity contribution in [2.24, 2.45) is 5.41 Å². The van der Waals surface area contributed by atoms with Crippen molar-refractivity contribution in [2.75, 3.05) is 11.9 Å². The molecule has 0 amide bonds. The number of aromatic nitrogens is 3. The second-order valence-electron chi connectivity index (χ2n) is 10.4. The molecule has 2 aromatic carbocycles. The summed E-state index contributed by atoms with van der Waals surface area (Å²) in [6, 6.07) is 16.1. The Hall–Kier alpha value is -3.88. The van der Waals surface area contributed by atoms with Crippen LogP contribution in [-0.4, -0.2) is 27.3 Å². The van der Waals surface area contributed by atoms with Crippen molar-refractivity contribution in [2.45, 2.75) is 46.1 Å². The van der Waals surface area contributed by atoms with Gasteiger partial charge in [-0.25, -0.2) is 9.78 Å². The molecule has 0 radical (unpaired) electrons. The normalized spacial score (nSPS) is 18.5. The zero-order valence-electron chi connectivity index (χ0n) is 21.2. The maximum atomic E-state index is 13.5. The Kier molecular flexibility index (Phi) is 5.85. The Labute approximate surface area is 215 Å². The Morgan fingerprint density at radius 1 is 1.08 bits per heavy atom. The van der Waals surface area contributed by atoms with Crippen LogP contribution >= 0.6 is 0 Å². The summed E-state index contributed by atoms with van der Waals surface area (Å²) in [7, 11) is 0. The number of nitrogens with one attached hydrogen (secondary N) is 3. The third-order valence-electron chi connectivity index (χ3n) is 6.97. The highest BCUT2D eigenvalue weighted by Crippen LogP contribution is 2.50. The number of ketones is 1. The summed E-state index contributed by atoms with van der Waals surface area (Å²) in [5, 5.41) is 3.58. The number of Topliss-reactive ketones (excluding diaryl/α,β-unsaturated/α-hetero) is 1. The van der Waals surface area contributed by atoms with Gasteiger partial charge in [0.15, 0.2) is 5.78 Å². The van der Waals surface area contributed by atoms with Gasteiger partial charge in [-0.15, -0.1) is 0 Å². The smallest absolute Gasteiger partial charge is 0.300 e. The van der Waals surface area contributed by atoms with E-state index < -0.39 is 0 Å². The van der Waals surface area contributed by atoms with E-state index in [-0.39, 0.29) is 23.7 Å². The zero-order chi connectivity index (χ0) is 25.6. The number of nitrogens with zero attached hydrogens (tertiary/aromatic N) is 1. The van der Waals surface area contributed by atoms with Crippen LogP contribution < -0.4 is 10.1 Å². The van der Waals surface area contributed by atoms with Crippen molar-refractivity contribution in [1.82, 2.24) is 15.0 Å². The lowest BCUT2D eigenvalue weighted by molar-refractivity contribution is -0.301. The van der Waals surface area contributed by atoms with Crippen molar-refractivity contribution in [1.29, 1.82) is 0 Å². The van der Waals surface area contributed by atoms with Gasteiger partial charge in [-0.2, -0.15) is 4.98 Å². The lowest BCUT2D eigenvalue weighted by atomic mass is 9.69. The molecule has 0 fully saturated rings. The predicted molar refractivity (Wildman–Crippen MR) is 140 cm³/mol. The fraction of sp³-hybridized carbons (Fsp3) is 0.310. The van der Waals surface area contributed by atoms with Crippen LogP contribution in [0.5, 0.6) is 11.8 Å². The van der Waals surface area contributed by atoms with Crippen molar-refractivity contribution in [3.63, 3.8) is 0 Å². The topological polar surface area (TPSA) is 101 Å². The first-order valence-corrected chi connectivity index (χ1v) is 12.6. The second kappa shape index (κ2) is 9.21. The molecule has 2 aromatic heterocycles. The number of carbonyl (C=O) groups excluding carboxylic acids is 1. The standard InChI is InChI=1S/C29H30N4O4/c1-4-35-36-16-23-27-19(15-30-23)25(26-22(31-27)13-29(2,3)14-24(26)34)17-8-7-9-18(12-17)37-28-32-20-10-5-6-11-21(20)33-28/h5-12,15,25,30-31H,4,13-14,16H2,1-3H3,(H,32,33). The number of hydrogen-bond acceptors (Lipinski definition) is 6. The van der Waals surface area contributed by atoms with Crippen molar-refractivity contribution in [3.8, 4) is 11.8 Å². The summed E-state index contributed by atoms with van der Waals surface area (Å²) in [5.41, 5.74) is 7.24. The Balaban J connectivity index is 1.39. The number of hydrogen-bond donors (Lipinski definition) is 3. The average Bonchev–Trinajstić information content (AvgIpc) is 3.45. The summed E-state index contributed by atoms with van der Waals surface area (Å²) >= 11 is 0. The number of carbonyl (C=O) groups is 1. The number of benzene rings is 2. The van der Waals surface area contributed by atoms with E-state index in [1.165, 1.54) is 0 Å². The van der Waals surface area contributed by atoms with E-state index in [1.54, 1.807) is 0 Å². The second-order valence-corrected chi connectivity index (χ2v) is 10.4. The maximum Gasteiger partial charge on any atom is 0.300 e. The average molecular weight is 499 g/mol. The summed E-state index contributed by atoms with van der Waals surface area (Å²) in [6.07, 6.45) is 3.26. The summed E-state index contributed by atoms with van der Waals surface area (Å²) in [4.78, 5) is 35.1. The third kappa shape index (κ3) is 4.43. The van der Waals surface area contributed by atoms with E-state index in [0.29, 0.717) is 24.8 Å². The number of allylic oxidation sites excluding steroid dienone is 2. The molecule has 1 aliphatic heterocycles. The first kappa shape index (κ1) is 23.5. The van der Waals surface area contributed by atoms with Crippen LogP contribution in [0.2, 0.25) is 0 Å². The lowest BCUT2D eigenvalue weighted by Crippen LogP contribution is -2.33. The number of para-hydroxylation sites is 2. The number of H-pyrrole nitrogens is 2. The molecule has 8 nitrogen and oxygen atoms in total. The first-order chi connectivity index (χ1) is 17.9. The van der Waals surface area contributed by atoms with Gasteiger partial charge in [-0.3, -0.25) is 4.79 Å². The number of anilines is 1. The molecule has 0 spiro atoms. The van der Waals surface area contributed by atoms with Gasteiger partial charge in [0.05, 0.1) is 29.0 Å². The molecular formula is C29H30N4O4.